The second-order valence-corrected chi connectivity index (χ2v) is 5.89. The molecule has 0 spiro atoms. The van der Waals surface area contributed by atoms with E-state index in [9.17, 15) is 18.8 Å². The summed E-state index contributed by atoms with van der Waals surface area (Å²) in [5, 5.41) is 2.17. The van der Waals surface area contributed by atoms with Crippen LogP contribution in [0.2, 0.25) is 0 Å². The number of carbonyl (C=O) groups is 3. The normalized spacial score (nSPS) is 15.9. The largest absolute Gasteiger partial charge is 0.496 e. The number of barbiturate groups is 1. The molecule has 6 nitrogen and oxygen atoms in total. The van der Waals surface area contributed by atoms with Crippen molar-refractivity contribution < 1.29 is 23.5 Å². The number of carbonyl (C=O) groups excluding carboxylic acids is 3. The minimum Gasteiger partial charge on any atom is -0.496 e. The summed E-state index contributed by atoms with van der Waals surface area (Å²) in [7, 11) is 1.48. The van der Waals surface area contributed by atoms with Crippen LogP contribution in [0.15, 0.2) is 54.1 Å². The van der Waals surface area contributed by atoms with E-state index in [1.54, 1.807) is 36.4 Å². The van der Waals surface area contributed by atoms with Gasteiger partial charge >= 0.3 is 6.03 Å². The highest BCUT2D eigenvalue weighted by Crippen LogP contribution is 2.22. The molecule has 7 heteroatoms. The van der Waals surface area contributed by atoms with E-state index >= 15 is 0 Å². The molecule has 138 valence electrons. The van der Waals surface area contributed by atoms with Crippen LogP contribution < -0.4 is 10.1 Å². The van der Waals surface area contributed by atoms with Crippen LogP contribution in [0.1, 0.15) is 11.1 Å². The van der Waals surface area contributed by atoms with Gasteiger partial charge in [-0.15, -0.1) is 0 Å². The van der Waals surface area contributed by atoms with Gasteiger partial charge in [-0.25, -0.2) is 9.18 Å². The average Bonchev–Trinajstić information content (AvgIpc) is 2.66. The molecule has 0 aliphatic carbocycles. The van der Waals surface area contributed by atoms with Crippen molar-refractivity contribution in [2.24, 2.45) is 0 Å². The molecule has 27 heavy (non-hydrogen) atoms. The molecular formula is C20H17FN2O4. The Labute approximate surface area is 155 Å². The van der Waals surface area contributed by atoms with E-state index < -0.39 is 17.8 Å². The Hall–Kier alpha value is -3.48. The number of hydrogen-bond acceptors (Lipinski definition) is 4. The number of methoxy groups -OCH3 is 1. The maximum atomic E-state index is 13.0. The number of urea groups is 1. The number of para-hydroxylation sites is 1. The first-order chi connectivity index (χ1) is 13.0. The second kappa shape index (κ2) is 7.82. The summed E-state index contributed by atoms with van der Waals surface area (Å²) in [5.41, 5.74) is 1.16. The summed E-state index contributed by atoms with van der Waals surface area (Å²) < 4.78 is 18.2. The Balaban J connectivity index is 1.83. The van der Waals surface area contributed by atoms with E-state index in [0.29, 0.717) is 17.7 Å². The van der Waals surface area contributed by atoms with Crippen molar-refractivity contribution in [2.45, 2.75) is 6.42 Å². The minimum absolute atomic E-state index is 0.0623. The van der Waals surface area contributed by atoms with E-state index in [0.717, 1.165) is 10.5 Å². The number of halogens is 1. The lowest BCUT2D eigenvalue weighted by Gasteiger charge is -2.26. The minimum atomic E-state index is -0.774. The third-order valence-corrected chi connectivity index (χ3v) is 4.16. The monoisotopic (exact) mass is 368 g/mol. The fourth-order valence-corrected chi connectivity index (χ4v) is 2.73. The Morgan fingerprint density at radius 3 is 2.48 bits per heavy atom. The summed E-state index contributed by atoms with van der Waals surface area (Å²) in [4.78, 5) is 37.9. The summed E-state index contributed by atoms with van der Waals surface area (Å²) in [6.45, 7) is 0.0623. The molecule has 0 atom stereocenters. The van der Waals surface area contributed by atoms with E-state index in [1.165, 1.54) is 25.3 Å². The van der Waals surface area contributed by atoms with Gasteiger partial charge in [-0.1, -0.05) is 30.3 Å². The molecule has 0 unspecified atom stereocenters. The fourth-order valence-electron chi connectivity index (χ4n) is 2.73. The lowest BCUT2D eigenvalue weighted by molar-refractivity contribution is -0.130. The lowest BCUT2D eigenvalue weighted by Crippen LogP contribution is -2.54. The third-order valence-electron chi connectivity index (χ3n) is 4.16. The predicted octanol–water partition coefficient (Wildman–Crippen LogP) is 2.54. The second-order valence-electron chi connectivity index (χ2n) is 5.89. The van der Waals surface area contributed by atoms with Gasteiger partial charge < -0.3 is 4.74 Å². The Morgan fingerprint density at radius 2 is 1.78 bits per heavy atom. The van der Waals surface area contributed by atoms with Crippen molar-refractivity contribution in [1.29, 1.82) is 0 Å². The third kappa shape index (κ3) is 4.03. The van der Waals surface area contributed by atoms with Gasteiger partial charge in [0.25, 0.3) is 11.8 Å². The summed E-state index contributed by atoms with van der Waals surface area (Å²) in [5.74, 6) is -1.30. The van der Waals surface area contributed by atoms with Crippen molar-refractivity contribution in [1.82, 2.24) is 10.2 Å². The summed E-state index contributed by atoms with van der Waals surface area (Å²) >= 11 is 0. The first-order valence-corrected chi connectivity index (χ1v) is 8.26. The van der Waals surface area contributed by atoms with E-state index in [4.69, 9.17) is 4.74 Å². The molecule has 1 saturated heterocycles. The van der Waals surface area contributed by atoms with Gasteiger partial charge in [0.05, 0.1) is 7.11 Å². The molecule has 4 amide bonds. The van der Waals surface area contributed by atoms with E-state index in [1.807, 2.05) is 0 Å². The average molecular weight is 368 g/mol. The SMILES string of the molecule is COc1ccccc1C=C1C(=O)NC(=O)N(CCc2ccc(F)cc2)C1=O. The van der Waals surface area contributed by atoms with Gasteiger partial charge in [0.15, 0.2) is 0 Å². The van der Waals surface area contributed by atoms with Gasteiger partial charge in [0, 0.05) is 12.1 Å². The van der Waals surface area contributed by atoms with Crippen molar-refractivity contribution in [3.05, 3.63) is 71.0 Å². The Morgan fingerprint density at radius 1 is 1.07 bits per heavy atom. The number of rotatable bonds is 5. The van der Waals surface area contributed by atoms with Crippen LogP contribution >= 0.6 is 0 Å². The lowest BCUT2D eigenvalue weighted by atomic mass is 10.1. The number of hydrogen-bond donors (Lipinski definition) is 1. The quantitative estimate of drug-likeness (QED) is 0.650. The van der Waals surface area contributed by atoms with Crippen molar-refractivity contribution in [3.63, 3.8) is 0 Å². The molecule has 1 heterocycles. The Bertz CT molecular complexity index is 922. The predicted molar refractivity (Wildman–Crippen MR) is 96.3 cm³/mol. The van der Waals surface area contributed by atoms with Crippen molar-refractivity contribution in [3.8, 4) is 5.75 Å². The summed E-state index contributed by atoms with van der Waals surface area (Å²) in [6.07, 6.45) is 1.74. The Kier molecular flexibility index (Phi) is 5.30. The topological polar surface area (TPSA) is 75.7 Å². The van der Waals surface area contributed by atoms with Crippen LogP contribution in [0.5, 0.6) is 5.75 Å². The molecule has 1 N–H and O–H groups in total. The smallest absolute Gasteiger partial charge is 0.331 e. The van der Waals surface area contributed by atoms with E-state index in [2.05, 4.69) is 5.32 Å². The number of nitrogens with one attached hydrogen (secondary N) is 1. The molecule has 0 radical (unpaired) electrons. The zero-order chi connectivity index (χ0) is 19.4. The van der Waals surface area contributed by atoms with Gasteiger partial charge in [-0.05, 0) is 36.3 Å². The zero-order valence-electron chi connectivity index (χ0n) is 14.6. The maximum Gasteiger partial charge on any atom is 0.331 e. The number of amides is 4. The van der Waals surface area contributed by atoms with Crippen LogP contribution in [-0.2, 0) is 16.0 Å². The molecule has 2 aromatic rings. The first kappa shape index (κ1) is 18.3. The van der Waals surface area contributed by atoms with Crippen LogP contribution in [0, 0.1) is 5.82 Å². The highest BCUT2D eigenvalue weighted by molar-refractivity contribution is 6.31. The maximum absolute atomic E-state index is 13.0. The van der Waals surface area contributed by atoms with Crippen LogP contribution in [0.25, 0.3) is 6.08 Å². The number of imide groups is 2. The molecule has 0 saturated carbocycles. The van der Waals surface area contributed by atoms with Crippen LogP contribution in [0.4, 0.5) is 9.18 Å². The molecule has 3 rings (SSSR count). The highest BCUT2D eigenvalue weighted by Gasteiger charge is 2.35. The molecule has 1 fully saturated rings. The van der Waals surface area contributed by atoms with Crippen LogP contribution in [0.3, 0.4) is 0 Å². The molecule has 2 aromatic carbocycles. The molecule has 0 aromatic heterocycles. The number of nitrogens with zero attached hydrogens (tertiary/aromatic N) is 1. The zero-order valence-corrected chi connectivity index (χ0v) is 14.6. The summed E-state index contributed by atoms with van der Waals surface area (Å²) in [6, 6.07) is 11.9. The van der Waals surface area contributed by atoms with Crippen molar-refractivity contribution in [2.75, 3.05) is 13.7 Å². The van der Waals surface area contributed by atoms with Gasteiger partial charge in [-0.3, -0.25) is 19.8 Å². The molecule has 0 bridgehead atoms. The van der Waals surface area contributed by atoms with Crippen LogP contribution in [-0.4, -0.2) is 36.4 Å². The van der Waals surface area contributed by atoms with E-state index in [-0.39, 0.29) is 17.9 Å². The van der Waals surface area contributed by atoms with Gasteiger partial charge in [-0.2, -0.15) is 0 Å². The highest BCUT2D eigenvalue weighted by atomic mass is 19.1. The standard InChI is InChI=1S/C20H17FN2O4/c1-27-17-5-3-2-4-14(17)12-16-18(24)22-20(26)23(19(16)25)11-10-13-6-8-15(21)9-7-13/h2-9,12H,10-11H2,1H3,(H,22,24,26). The first-order valence-electron chi connectivity index (χ1n) is 8.26. The van der Waals surface area contributed by atoms with Gasteiger partial charge in [0.2, 0.25) is 0 Å². The van der Waals surface area contributed by atoms with Gasteiger partial charge in [0.1, 0.15) is 17.1 Å². The number of benzene rings is 2. The number of ether oxygens (including phenoxy) is 1. The molecule has 1 aliphatic rings. The molecular weight excluding hydrogens is 351 g/mol. The fraction of sp³-hybridized carbons (Fsp3) is 0.150. The molecule has 1 aliphatic heterocycles. The van der Waals surface area contributed by atoms with Crippen molar-refractivity contribution >= 4 is 23.9 Å².